The first-order valence-corrected chi connectivity index (χ1v) is 13.5. The van der Waals surface area contributed by atoms with Crippen molar-refractivity contribution < 1.29 is 33.0 Å². The highest BCUT2D eigenvalue weighted by molar-refractivity contribution is 8.18. The topological polar surface area (TPSA) is 113 Å². The molecule has 0 radical (unpaired) electrons. The lowest BCUT2D eigenvalue weighted by atomic mass is 10.1. The number of ether oxygens (including phenoxy) is 4. The van der Waals surface area contributed by atoms with Gasteiger partial charge >= 0.3 is 0 Å². The third-order valence-corrected chi connectivity index (χ3v) is 7.26. The molecule has 0 aliphatic carbocycles. The lowest BCUT2D eigenvalue weighted by Gasteiger charge is -2.14. The summed E-state index contributed by atoms with van der Waals surface area (Å²) in [6, 6.07) is 17.8. The third kappa shape index (κ3) is 6.22. The molecule has 1 aromatic heterocycles. The molecule has 1 N–H and O–H groups in total. The van der Waals surface area contributed by atoms with E-state index in [0.29, 0.717) is 56.8 Å². The maximum Gasteiger partial charge on any atom is 0.290 e. The Morgan fingerprint density at radius 3 is 2.24 bits per heavy atom. The van der Waals surface area contributed by atoms with Crippen molar-refractivity contribution in [2.75, 3.05) is 27.9 Å². The number of carbonyl (C=O) groups excluding carboxylic acids is 2. The van der Waals surface area contributed by atoms with Crippen molar-refractivity contribution in [3.63, 3.8) is 0 Å². The highest BCUT2D eigenvalue weighted by atomic mass is 32.2. The molecular formula is C31H27NO8S. The highest BCUT2D eigenvalue weighted by Gasteiger charge is 2.24. The van der Waals surface area contributed by atoms with Crippen LogP contribution in [0, 0.1) is 0 Å². The number of methoxy groups -OCH3 is 3. The fourth-order valence-corrected chi connectivity index (χ4v) is 5.09. The van der Waals surface area contributed by atoms with E-state index in [1.807, 2.05) is 24.3 Å². The van der Waals surface area contributed by atoms with Crippen LogP contribution in [-0.4, -0.2) is 39.1 Å². The van der Waals surface area contributed by atoms with Gasteiger partial charge in [0.25, 0.3) is 11.1 Å². The Hall–Kier alpha value is -4.70. The third-order valence-electron chi connectivity index (χ3n) is 6.45. The number of thioether (sulfide) groups is 1. The summed E-state index contributed by atoms with van der Waals surface area (Å²) < 4.78 is 28.3. The second-order valence-electron chi connectivity index (χ2n) is 9.09. The minimum atomic E-state index is -0.369. The number of amides is 2. The number of hydrogen-bond donors (Lipinski definition) is 1. The van der Waals surface area contributed by atoms with Gasteiger partial charge in [0, 0.05) is 17.7 Å². The summed E-state index contributed by atoms with van der Waals surface area (Å²) in [5, 5.41) is 2.34. The van der Waals surface area contributed by atoms with Crippen LogP contribution >= 0.6 is 11.8 Å². The molecule has 41 heavy (non-hydrogen) atoms. The van der Waals surface area contributed by atoms with Crippen molar-refractivity contribution in [3.8, 4) is 34.3 Å². The van der Waals surface area contributed by atoms with Gasteiger partial charge in [-0.25, -0.2) is 0 Å². The van der Waals surface area contributed by atoms with Crippen LogP contribution in [0.5, 0.6) is 23.0 Å². The molecule has 1 aliphatic heterocycles. The van der Waals surface area contributed by atoms with Gasteiger partial charge in [0.15, 0.2) is 16.9 Å². The molecule has 210 valence electrons. The first kappa shape index (κ1) is 27.9. The number of carbonyl (C=O) groups is 2. The minimum absolute atomic E-state index is 0.181. The maximum atomic E-state index is 12.9. The van der Waals surface area contributed by atoms with E-state index in [2.05, 4.69) is 5.32 Å². The van der Waals surface area contributed by atoms with E-state index in [0.717, 1.165) is 35.7 Å². The summed E-state index contributed by atoms with van der Waals surface area (Å²) in [4.78, 5) is 36.3. The smallest absolute Gasteiger partial charge is 0.290 e. The van der Waals surface area contributed by atoms with Crippen molar-refractivity contribution in [3.05, 3.63) is 86.9 Å². The zero-order valence-electron chi connectivity index (χ0n) is 22.6. The molecule has 4 aromatic rings. The molecule has 2 amide bonds. The van der Waals surface area contributed by atoms with Crippen LogP contribution in [0.3, 0.4) is 0 Å². The molecule has 2 heterocycles. The summed E-state index contributed by atoms with van der Waals surface area (Å²) in [6.07, 6.45) is 3.25. The number of aryl methyl sites for hydroxylation is 1. The van der Waals surface area contributed by atoms with E-state index >= 15 is 0 Å². The van der Waals surface area contributed by atoms with Crippen molar-refractivity contribution in [2.24, 2.45) is 0 Å². The van der Waals surface area contributed by atoms with Gasteiger partial charge < -0.3 is 23.4 Å². The fraction of sp³-hybridized carbons (Fsp3) is 0.194. The van der Waals surface area contributed by atoms with Crippen molar-refractivity contribution >= 4 is 40.0 Å². The average molecular weight is 574 g/mol. The first-order chi connectivity index (χ1) is 19.9. The van der Waals surface area contributed by atoms with Crippen molar-refractivity contribution in [1.82, 2.24) is 5.32 Å². The number of rotatable bonds is 10. The molecule has 0 saturated carbocycles. The summed E-state index contributed by atoms with van der Waals surface area (Å²) in [5.74, 6) is 1.92. The summed E-state index contributed by atoms with van der Waals surface area (Å²) in [7, 11) is 4.57. The molecule has 1 fully saturated rings. The molecule has 0 atom stereocenters. The van der Waals surface area contributed by atoms with Gasteiger partial charge in [-0.1, -0.05) is 24.3 Å². The Kier molecular flexibility index (Phi) is 8.30. The van der Waals surface area contributed by atoms with E-state index in [9.17, 15) is 14.4 Å². The SMILES string of the molecule is COc1cc(-c2cc(=O)c3ccc(OCCCc4ccc(C=C5SC(=O)NC5=O)cc4)cc3o2)cc(OC)c1OC. The maximum absolute atomic E-state index is 12.9. The van der Waals surface area contributed by atoms with Gasteiger partial charge in [0.05, 0.1) is 38.2 Å². The number of nitrogens with one attached hydrogen (secondary N) is 1. The predicted octanol–water partition coefficient (Wildman–Crippen LogP) is 5.82. The van der Waals surface area contributed by atoms with Crippen LogP contribution < -0.4 is 29.7 Å². The van der Waals surface area contributed by atoms with Crippen molar-refractivity contribution in [2.45, 2.75) is 12.8 Å². The lowest BCUT2D eigenvalue weighted by Crippen LogP contribution is -2.17. The second-order valence-corrected chi connectivity index (χ2v) is 10.1. The Bertz CT molecular complexity index is 1680. The lowest BCUT2D eigenvalue weighted by molar-refractivity contribution is -0.115. The van der Waals surface area contributed by atoms with Crippen LogP contribution in [0.2, 0.25) is 0 Å². The van der Waals surface area contributed by atoms with Crippen molar-refractivity contribution in [1.29, 1.82) is 0 Å². The van der Waals surface area contributed by atoms with Gasteiger partial charge in [-0.3, -0.25) is 19.7 Å². The predicted molar refractivity (Wildman–Crippen MR) is 157 cm³/mol. The molecule has 0 bridgehead atoms. The van der Waals surface area contributed by atoms with E-state index < -0.39 is 0 Å². The van der Waals surface area contributed by atoms with Gasteiger partial charge in [-0.15, -0.1) is 0 Å². The van der Waals surface area contributed by atoms with E-state index in [-0.39, 0.29) is 16.6 Å². The highest BCUT2D eigenvalue weighted by Crippen LogP contribution is 2.41. The Labute approximate surface area is 240 Å². The van der Waals surface area contributed by atoms with Crippen LogP contribution in [0.25, 0.3) is 28.4 Å². The first-order valence-electron chi connectivity index (χ1n) is 12.7. The number of fused-ring (bicyclic) bond motifs is 1. The molecule has 10 heteroatoms. The largest absolute Gasteiger partial charge is 0.493 e. The summed E-state index contributed by atoms with van der Waals surface area (Å²) in [6.45, 7) is 0.465. The molecular weight excluding hydrogens is 546 g/mol. The Morgan fingerprint density at radius 2 is 1.61 bits per heavy atom. The van der Waals surface area contributed by atoms with Gasteiger partial charge in [-0.2, -0.15) is 0 Å². The minimum Gasteiger partial charge on any atom is -0.493 e. The Morgan fingerprint density at radius 1 is 0.878 bits per heavy atom. The second kappa shape index (κ2) is 12.2. The fourth-order valence-electron chi connectivity index (χ4n) is 4.41. The van der Waals surface area contributed by atoms with E-state index in [1.54, 1.807) is 36.4 Å². The number of hydrogen-bond acceptors (Lipinski definition) is 9. The zero-order valence-corrected chi connectivity index (χ0v) is 23.5. The van der Waals surface area contributed by atoms with Crippen LogP contribution in [0.15, 0.2) is 74.8 Å². The number of benzene rings is 3. The van der Waals surface area contributed by atoms with Crippen LogP contribution in [0.4, 0.5) is 4.79 Å². The van der Waals surface area contributed by atoms with Gasteiger partial charge in [0.2, 0.25) is 5.75 Å². The van der Waals surface area contributed by atoms with E-state index in [4.69, 9.17) is 23.4 Å². The summed E-state index contributed by atoms with van der Waals surface area (Å²) >= 11 is 0.899. The average Bonchev–Trinajstić information content (AvgIpc) is 3.30. The van der Waals surface area contributed by atoms with Crippen LogP contribution in [-0.2, 0) is 11.2 Å². The van der Waals surface area contributed by atoms with Gasteiger partial charge in [0.1, 0.15) is 17.1 Å². The molecule has 1 aliphatic rings. The molecule has 5 rings (SSSR count). The molecule has 0 spiro atoms. The molecule has 9 nitrogen and oxygen atoms in total. The molecule has 3 aromatic carbocycles. The quantitative estimate of drug-likeness (QED) is 0.185. The monoisotopic (exact) mass is 573 g/mol. The normalized spacial score (nSPS) is 13.9. The zero-order chi connectivity index (χ0) is 28.9. The standard InChI is InChI=1S/C31H27NO8S/c1-36-26-14-20(15-27(37-2)29(26)38-3)24-17-23(33)22-11-10-21(16-25(22)40-24)39-12-4-5-18-6-8-19(9-7-18)13-28-30(34)32-31(35)41-28/h6-11,13-17H,4-5,12H2,1-3H3,(H,32,34,35). The van der Waals surface area contributed by atoms with E-state index in [1.165, 1.54) is 27.4 Å². The van der Waals surface area contributed by atoms with Gasteiger partial charge in [-0.05, 0) is 66.1 Å². The Balaban J connectivity index is 1.25. The molecule has 1 saturated heterocycles. The molecule has 0 unspecified atom stereocenters. The summed E-state index contributed by atoms with van der Waals surface area (Å²) in [5.41, 5.74) is 2.79. The number of imide groups is 1. The van der Waals surface area contributed by atoms with Crippen LogP contribution in [0.1, 0.15) is 17.5 Å².